The lowest BCUT2D eigenvalue weighted by Crippen LogP contribution is -2.43. The standard InChI is InChI=1S/C14H19N3O/c1-4-11-10-12-8-7-9-15-13(12)17(14(11)18)16(5-2)6-3/h7-10H,4-6H2,1-3H3. The first-order chi connectivity index (χ1) is 8.72. The van der Waals surface area contributed by atoms with E-state index < -0.39 is 0 Å². The molecule has 0 amide bonds. The molecule has 0 saturated heterocycles. The minimum atomic E-state index is 0.0485. The molecule has 0 spiro atoms. The summed E-state index contributed by atoms with van der Waals surface area (Å²) in [5.41, 5.74) is 1.62. The van der Waals surface area contributed by atoms with Gasteiger partial charge in [0.05, 0.1) is 0 Å². The van der Waals surface area contributed by atoms with E-state index in [4.69, 9.17) is 0 Å². The Morgan fingerprint density at radius 1 is 1.28 bits per heavy atom. The van der Waals surface area contributed by atoms with Crippen LogP contribution in [0.15, 0.2) is 29.2 Å². The van der Waals surface area contributed by atoms with Gasteiger partial charge < -0.3 is 5.01 Å². The van der Waals surface area contributed by atoms with Crippen LogP contribution in [-0.4, -0.2) is 22.7 Å². The van der Waals surface area contributed by atoms with E-state index in [2.05, 4.69) is 4.98 Å². The summed E-state index contributed by atoms with van der Waals surface area (Å²) in [6.07, 6.45) is 2.47. The molecule has 0 aliphatic heterocycles. The van der Waals surface area contributed by atoms with Gasteiger partial charge in [-0.2, -0.15) is 0 Å². The number of hydrogen-bond acceptors (Lipinski definition) is 3. The van der Waals surface area contributed by atoms with Crippen molar-refractivity contribution in [2.24, 2.45) is 0 Å². The molecule has 0 atom stereocenters. The Hall–Kier alpha value is -1.84. The van der Waals surface area contributed by atoms with Crippen LogP contribution in [0.4, 0.5) is 0 Å². The average Bonchev–Trinajstić information content (AvgIpc) is 2.42. The monoisotopic (exact) mass is 245 g/mol. The number of aryl methyl sites for hydroxylation is 1. The highest BCUT2D eigenvalue weighted by molar-refractivity contribution is 5.75. The first-order valence-corrected chi connectivity index (χ1v) is 6.47. The van der Waals surface area contributed by atoms with E-state index in [1.165, 1.54) is 0 Å². The summed E-state index contributed by atoms with van der Waals surface area (Å²) >= 11 is 0. The van der Waals surface area contributed by atoms with Gasteiger partial charge in [-0.15, -0.1) is 0 Å². The third-order valence-electron chi connectivity index (χ3n) is 3.21. The topological polar surface area (TPSA) is 38.1 Å². The predicted molar refractivity (Wildman–Crippen MR) is 74.7 cm³/mol. The highest BCUT2D eigenvalue weighted by Crippen LogP contribution is 2.11. The molecule has 96 valence electrons. The zero-order chi connectivity index (χ0) is 13.1. The highest BCUT2D eigenvalue weighted by Gasteiger charge is 2.12. The van der Waals surface area contributed by atoms with Gasteiger partial charge >= 0.3 is 0 Å². The fourth-order valence-electron chi connectivity index (χ4n) is 2.20. The molecule has 0 N–H and O–H groups in total. The maximum atomic E-state index is 12.5. The molecule has 2 aromatic rings. The third kappa shape index (κ3) is 1.98. The zero-order valence-electron chi connectivity index (χ0n) is 11.2. The van der Waals surface area contributed by atoms with Crippen LogP contribution in [0, 0.1) is 0 Å². The molecule has 2 aromatic heterocycles. The lowest BCUT2D eigenvalue weighted by atomic mass is 10.2. The van der Waals surface area contributed by atoms with Crippen LogP contribution in [-0.2, 0) is 6.42 Å². The number of aromatic nitrogens is 2. The summed E-state index contributed by atoms with van der Waals surface area (Å²) < 4.78 is 1.72. The van der Waals surface area contributed by atoms with Crippen molar-refractivity contribution in [2.45, 2.75) is 27.2 Å². The van der Waals surface area contributed by atoms with Gasteiger partial charge in [-0.05, 0) is 38.5 Å². The SMILES string of the molecule is CCc1cc2cccnc2n(N(CC)CC)c1=O. The maximum Gasteiger partial charge on any atom is 0.274 e. The molecule has 4 nitrogen and oxygen atoms in total. The van der Waals surface area contributed by atoms with Gasteiger partial charge in [0.25, 0.3) is 5.56 Å². The van der Waals surface area contributed by atoms with Crippen LogP contribution in [0.2, 0.25) is 0 Å². The molecule has 0 aromatic carbocycles. The summed E-state index contributed by atoms with van der Waals surface area (Å²) in [6, 6.07) is 5.85. The van der Waals surface area contributed by atoms with Crippen LogP contribution >= 0.6 is 0 Å². The van der Waals surface area contributed by atoms with E-state index in [1.807, 2.05) is 44.0 Å². The quantitative estimate of drug-likeness (QED) is 0.826. The summed E-state index contributed by atoms with van der Waals surface area (Å²) in [6.45, 7) is 7.67. The summed E-state index contributed by atoms with van der Waals surface area (Å²) in [4.78, 5) is 16.8. The smallest absolute Gasteiger partial charge is 0.274 e. The summed E-state index contributed by atoms with van der Waals surface area (Å²) in [5, 5.41) is 3.03. The molecule has 2 rings (SSSR count). The number of pyridine rings is 2. The van der Waals surface area contributed by atoms with Crippen LogP contribution in [0.5, 0.6) is 0 Å². The van der Waals surface area contributed by atoms with E-state index in [9.17, 15) is 4.79 Å². The number of rotatable bonds is 4. The Morgan fingerprint density at radius 2 is 2.00 bits per heavy atom. The minimum absolute atomic E-state index is 0.0485. The molecule has 0 aliphatic rings. The fraction of sp³-hybridized carbons (Fsp3) is 0.429. The second kappa shape index (κ2) is 5.21. The van der Waals surface area contributed by atoms with E-state index in [0.29, 0.717) is 0 Å². The molecule has 0 bridgehead atoms. The van der Waals surface area contributed by atoms with E-state index >= 15 is 0 Å². The zero-order valence-corrected chi connectivity index (χ0v) is 11.2. The predicted octanol–water partition coefficient (Wildman–Crippen LogP) is 1.94. The van der Waals surface area contributed by atoms with Gasteiger partial charge in [0.15, 0.2) is 5.65 Å². The number of hydrogen-bond donors (Lipinski definition) is 0. The van der Waals surface area contributed by atoms with Crippen molar-refractivity contribution in [1.82, 2.24) is 9.66 Å². The lowest BCUT2D eigenvalue weighted by Gasteiger charge is -2.25. The van der Waals surface area contributed by atoms with Crippen LogP contribution in [0.3, 0.4) is 0 Å². The molecule has 2 heterocycles. The Bertz CT molecular complexity index is 600. The van der Waals surface area contributed by atoms with Crippen molar-refractivity contribution in [3.63, 3.8) is 0 Å². The van der Waals surface area contributed by atoms with E-state index in [1.54, 1.807) is 10.9 Å². The summed E-state index contributed by atoms with van der Waals surface area (Å²) in [7, 11) is 0. The average molecular weight is 245 g/mol. The highest BCUT2D eigenvalue weighted by atomic mass is 16.1. The lowest BCUT2D eigenvalue weighted by molar-refractivity contribution is 0.610. The fourth-order valence-corrected chi connectivity index (χ4v) is 2.20. The number of fused-ring (bicyclic) bond motifs is 1. The van der Waals surface area contributed by atoms with Crippen molar-refractivity contribution in [3.8, 4) is 0 Å². The van der Waals surface area contributed by atoms with Gasteiger partial charge in [0.2, 0.25) is 0 Å². The Morgan fingerprint density at radius 3 is 2.61 bits per heavy atom. The molecule has 0 aliphatic carbocycles. The minimum Gasteiger partial charge on any atom is -0.309 e. The van der Waals surface area contributed by atoms with Gasteiger partial charge in [-0.1, -0.05) is 6.92 Å². The molecular formula is C14H19N3O. The van der Waals surface area contributed by atoms with Crippen molar-refractivity contribution >= 4 is 11.0 Å². The first kappa shape index (κ1) is 12.6. The third-order valence-corrected chi connectivity index (χ3v) is 3.21. The summed E-state index contributed by atoms with van der Waals surface area (Å²) in [5.74, 6) is 0. The van der Waals surface area contributed by atoms with Crippen molar-refractivity contribution in [3.05, 3.63) is 40.3 Å². The van der Waals surface area contributed by atoms with Crippen LogP contribution < -0.4 is 10.6 Å². The molecule has 4 heteroatoms. The Labute approximate surface area is 107 Å². The molecule has 0 saturated carbocycles. The van der Waals surface area contributed by atoms with Gasteiger partial charge in [-0.3, -0.25) is 4.79 Å². The Kier molecular flexibility index (Phi) is 3.65. The van der Waals surface area contributed by atoms with Gasteiger partial charge in [0.1, 0.15) is 0 Å². The largest absolute Gasteiger partial charge is 0.309 e. The maximum absolute atomic E-state index is 12.5. The second-order valence-electron chi connectivity index (χ2n) is 4.20. The van der Waals surface area contributed by atoms with Gasteiger partial charge in [0, 0.05) is 30.2 Å². The van der Waals surface area contributed by atoms with Crippen molar-refractivity contribution in [2.75, 3.05) is 18.1 Å². The molecule has 18 heavy (non-hydrogen) atoms. The molecule has 0 fully saturated rings. The second-order valence-corrected chi connectivity index (χ2v) is 4.20. The van der Waals surface area contributed by atoms with Crippen LogP contribution in [0.1, 0.15) is 26.3 Å². The molecule has 0 unspecified atom stereocenters. The molecule has 0 radical (unpaired) electrons. The normalized spacial score (nSPS) is 10.8. The first-order valence-electron chi connectivity index (χ1n) is 6.47. The Balaban J connectivity index is 2.82. The molecular weight excluding hydrogens is 226 g/mol. The van der Waals surface area contributed by atoms with E-state index in [-0.39, 0.29) is 5.56 Å². The van der Waals surface area contributed by atoms with Crippen molar-refractivity contribution in [1.29, 1.82) is 0 Å². The van der Waals surface area contributed by atoms with E-state index in [0.717, 1.165) is 36.1 Å². The van der Waals surface area contributed by atoms with Crippen LogP contribution in [0.25, 0.3) is 11.0 Å². The van der Waals surface area contributed by atoms with Gasteiger partial charge in [-0.25, -0.2) is 9.66 Å². The number of nitrogens with zero attached hydrogens (tertiary/aromatic N) is 3. The van der Waals surface area contributed by atoms with Crippen molar-refractivity contribution < 1.29 is 0 Å².